The van der Waals surface area contributed by atoms with Gasteiger partial charge in [-0.3, -0.25) is 0 Å². The Labute approximate surface area is 173 Å². The molecule has 0 N–H and O–H groups in total. The number of fused-ring (bicyclic) bond motifs is 1. The zero-order valence-corrected chi connectivity index (χ0v) is 16.6. The molecule has 1 aliphatic heterocycles. The molecule has 2 aromatic carbocycles. The SMILES string of the molecule is COc1cc(F)ccc1N1CCN(c2cc(-c3ccccc3)nc3ncnn23)CC1. The quantitative estimate of drug-likeness (QED) is 0.520. The van der Waals surface area contributed by atoms with Gasteiger partial charge in [0.15, 0.2) is 0 Å². The fraction of sp³-hybridized carbons (Fsp3) is 0.227. The van der Waals surface area contributed by atoms with E-state index in [0.29, 0.717) is 11.5 Å². The van der Waals surface area contributed by atoms with E-state index in [1.165, 1.54) is 18.5 Å². The molecule has 152 valence electrons. The Kier molecular flexibility index (Phi) is 4.66. The van der Waals surface area contributed by atoms with Crippen LogP contribution in [-0.2, 0) is 0 Å². The van der Waals surface area contributed by atoms with Crippen LogP contribution in [0.15, 0.2) is 60.9 Å². The fourth-order valence-electron chi connectivity index (χ4n) is 3.87. The van der Waals surface area contributed by atoms with E-state index in [4.69, 9.17) is 4.74 Å². The molecule has 5 rings (SSSR count). The highest BCUT2D eigenvalue weighted by Crippen LogP contribution is 2.31. The van der Waals surface area contributed by atoms with Crippen molar-refractivity contribution in [2.24, 2.45) is 0 Å². The van der Waals surface area contributed by atoms with E-state index in [-0.39, 0.29) is 5.82 Å². The second-order valence-corrected chi connectivity index (χ2v) is 7.13. The Bertz CT molecular complexity index is 1170. The Morgan fingerprint density at radius 3 is 2.47 bits per heavy atom. The highest BCUT2D eigenvalue weighted by molar-refractivity contribution is 5.66. The van der Waals surface area contributed by atoms with Crippen molar-refractivity contribution in [2.45, 2.75) is 0 Å². The van der Waals surface area contributed by atoms with Crippen molar-refractivity contribution < 1.29 is 9.13 Å². The third kappa shape index (κ3) is 3.30. The maximum atomic E-state index is 13.6. The summed E-state index contributed by atoms with van der Waals surface area (Å²) >= 11 is 0. The first-order valence-electron chi connectivity index (χ1n) is 9.82. The lowest BCUT2D eigenvalue weighted by Crippen LogP contribution is -2.47. The summed E-state index contributed by atoms with van der Waals surface area (Å²) in [6, 6.07) is 16.8. The van der Waals surface area contributed by atoms with E-state index < -0.39 is 0 Å². The van der Waals surface area contributed by atoms with Gasteiger partial charge in [0, 0.05) is 43.9 Å². The summed E-state index contributed by atoms with van der Waals surface area (Å²) in [6.45, 7) is 3.13. The van der Waals surface area contributed by atoms with Gasteiger partial charge < -0.3 is 14.5 Å². The molecule has 3 heterocycles. The molecule has 1 aliphatic rings. The smallest absolute Gasteiger partial charge is 0.254 e. The predicted molar refractivity (Wildman–Crippen MR) is 114 cm³/mol. The minimum Gasteiger partial charge on any atom is -0.494 e. The number of anilines is 2. The van der Waals surface area contributed by atoms with Crippen molar-refractivity contribution in [1.29, 1.82) is 0 Å². The van der Waals surface area contributed by atoms with Crippen LogP contribution in [0.3, 0.4) is 0 Å². The number of aromatic nitrogens is 4. The number of ether oxygens (including phenoxy) is 1. The van der Waals surface area contributed by atoms with Gasteiger partial charge in [-0.2, -0.15) is 14.6 Å². The molecule has 0 aliphatic carbocycles. The molecule has 4 aromatic rings. The lowest BCUT2D eigenvalue weighted by Gasteiger charge is -2.37. The van der Waals surface area contributed by atoms with Gasteiger partial charge in [-0.05, 0) is 12.1 Å². The lowest BCUT2D eigenvalue weighted by atomic mass is 10.1. The molecule has 0 radical (unpaired) electrons. The van der Waals surface area contributed by atoms with Crippen molar-refractivity contribution in [1.82, 2.24) is 19.6 Å². The Morgan fingerprint density at radius 2 is 1.70 bits per heavy atom. The first-order valence-corrected chi connectivity index (χ1v) is 9.82. The summed E-state index contributed by atoms with van der Waals surface area (Å²) < 4.78 is 20.7. The molecule has 0 unspecified atom stereocenters. The van der Waals surface area contributed by atoms with Crippen molar-refractivity contribution in [3.8, 4) is 17.0 Å². The second-order valence-electron chi connectivity index (χ2n) is 7.13. The van der Waals surface area contributed by atoms with Crippen LogP contribution >= 0.6 is 0 Å². The number of piperazine rings is 1. The van der Waals surface area contributed by atoms with Gasteiger partial charge in [0.2, 0.25) is 0 Å². The summed E-state index contributed by atoms with van der Waals surface area (Å²) in [5.41, 5.74) is 2.82. The monoisotopic (exact) mass is 404 g/mol. The van der Waals surface area contributed by atoms with Gasteiger partial charge in [-0.1, -0.05) is 30.3 Å². The average Bonchev–Trinajstić information content (AvgIpc) is 3.28. The lowest BCUT2D eigenvalue weighted by molar-refractivity contribution is 0.410. The number of rotatable bonds is 4. The third-order valence-electron chi connectivity index (χ3n) is 5.39. The normalized spacial score (nSPS) is 14.3. The number of halogens is 1. The van der Waals surface area contributed by atoms with E-state index in [0.717, 1.165) is 48.9 Å². The maximum Gasteiger partial charge on any atom is 0.254 e. The standard InChI is InChI=1S/C22H21FN6O/c1-30-20-13-17(23)7-8-19(20)27-9-11-28(12-10-27)21-14-18(16-5-3-2-4-6-16)26-22-24-15-25-29(21)22/h2-8,13-15H,9-12H2,1H3. The second kappa shape index (κ2) is 7.62. The van der Waals surface area contributed by atoms with E-state index in [1.54, 1.807) is 17.7 Å². The van der Waals surface area contributed by atoms with Crippen LogP contribution in [0.2, 0.25) is 0 Å². The number of methoxy groups -OCH3 is 1. The zero-order chi connectivity index (χ0) is 20.5. The number of hydrogen-bond acceptors (Lipinski definition) is 6. The summed E-state index contributed by atoms with van der Waals surface area (Å²) in [4.78, 5) is 13.5. The first kappa shape index (κ1) is 18.4. The molecule has 0 atom stereocenters. The van der Waals surface area contributed by atoms with Crippen molar-refractivity contribution in [3.05, 3.63) is 66.7 Å². The molecule has 0 spiro atoms. The average molecular weight is 404 g/mol. The first-order chi connectivity index (χ1) is 14.7. The fourth-order valence-corrected chi connectivity index (χ4v) is 3.87. The van der Waals surface area contributed by atoms with Crippen molar-refractivity contribution >= 4 is 17.3 Å². The molecular formula is C22H21FN6O. The Morgan fingerprint density at radius 1 is 0.933 bits per heavy atom. The molecule has 2 aromatic heterocycles. The van der Waals surface area contributed by atoms with Gasteiger partial charge in [-0.15, -0.1) is 0 Å². The molecule has 30 heavy (non-hydrogen) atoms. The summed E-state index contributed by atoms with van der Waals surface area (Å²) in [5.74, 6) is 1.79. The molecule has 7 nitrogen and oxygen atoms in total. The third-order valence-corrected chi connectivity index (χ3v) is 5.39. The molecule has 1 fully saturated rings. The number of nitrogens with zero attached hydrogens (tertiary/aromatic N) is 6. The van der Waals surface area contributed by atoms with Gasteiger partial charge >= 0.3 is 0 Å². The largest absolute Gasteiger partial charge is 0.494 e. The minimum atomic E-state index is -0.298. The highest BCUT2D eigenvalue weighted by Gasteiger charge is 2.23. The Balaban J connectivity index is 1.43. The van der Waals surface area contributed by atoms with Crippen molar-refractivity contribution in [3.63, 3.8) is 0 Å². The summed E-state index contributed by atoms with van der Waals surface area (Å²) in [7, 11) is 1.57. The van der Waals surface area contributed by atoms with Crippen LogP contribution in [0.5, 0.6) is 5.75 Å². The van der Waals surface area contributed by atoms with Crippen LogP contribution in [0, 0.1) is 5.82 Å². The minimum absolute atomic E-state index is 0.298. The van der Waals surface area contributed by atoms with Crippen LogP contribution < -0.4 is 14.5 Å². The van der Waals surface area contributed by atoms with Gasteiger partial charge in [0.1, 0.15) is 23.7 Å². The van der Waals surface area contributed by atoms with Crippen molar-refractivity contribution in [2.75, 3.05) is 43.1 Å². The van der Waals surface area contributed by atoms with E-state index in [1.807, 2.05) is 30.3 Å². The summed E-state index contributed by atoms with van der Waals surface area (Å²) in [6.07, 6.45) is 1.53. The van der Waals surface area contributed by atoms with Gasteiger partial charge in [0.05, 0.1) is 18.5 Å². The topological polar surface area (TPSA) is 58.8 Å². The highest BCUT2D eigenvalue weighted by atomic mass is 19.1. The predicted octanol–water partition coefficient (Wildman–Crippen LogP) is 3.27. The molecule has 0 amide bonds. The van der Waals surface area contributed by atoms with Gasteiger partial charge in [0.25, 0.3) is 5.78 Å². The number of benzene rings is 2. The van der Waals surface area contributed by atoms with Crippen LogP contribution in [0.25, 0.3) is 17.0 Å². The van der Waals surface area contributed by atoms with Gasteiger partial charge in [-0.25, -0.2) is 9.37 Å². The molecular weight excluding hydrogens is 383 g/mol. The van der Waals surface area contributed by atoms with E-state index >= 15 is 0 Å². The van der Waals surface area contributed by atoms with E-state index in [2.05, 4.69) is 30.9 Å². The number of hydrogen-bond donors (Lipinski definition) is 0. The molecule has 1 saturated heterocycles. The van der Waals surface area contributed by atoms with Crippen LogP contribution in [0.4, 0.5) is 15.9 Å². The molecule has 0 saturated carbocycles. The Hall–Kier alpha value is -3.68. The van der Waals surface area contributed by atoms with Crippen LogP contribution in [0.1, 0.15) is 0 Å². The van der Waals surface area contributed by atoms with E-state index in [9.17, 15) is 4.39 Å². The maximum absolute atomic E-state index is 13.6. The molecule has 8 heteroatoms. The molecule has 0 bridgehead atoms. The summed E-state index contributed by atoms with van der Waals surface area (Å²) in [5, 5.41) is 4.37. The zero-order valence-electron chi connectivity index (χ0n) is 16.6. The van der Waals surface area contributed by atoms with Crippen LogP contribution in [-0.4, -0.2) is 52.9 Å².